The van der Waals surface area contributed by atoms with E-state index in [1.807, 2.05) is 0 Å². The van der Waals surface area contributed by atoms with E-state index in [1.54, 1.807) is 12.1 Å². The maximum absolute atomic E-state index is 11.9. The lowest BCUT2D eigenvalue weighted by molar-refractivity contribution is -0.433. The molecule has 0 bridgehead atoms. The molecule has 0 spiro atoms. The van der Waals surface area contributed by atoms with Crippen LogP contribution in [0.3, 0.4) is 0 Å². The molecule has 0 unspecified atom stereocenters. The van der Waals surface area contributed by atoms with E-state index in [1.165, 1.54) is 28.6 Å². The quantitative estimate of drug-likeness (QED) is 0.119. The number of benzene rings is 2. The van der Waals surface area contributed by atoms with Crippen LogP contribution >= 0.6 is 0 Å². The third-order valence-electron chi connectivity index (χ3n) is 8.86. The number of aryl methyl sites for hydroxylation is 1. The molecule has 2 heterocycles. The molecule has 0 aliphatic carbocycles. The molecule has 0 saturated heterocycles. The van der Waals surface area contributed by atoms with E-state index in [9.17, 15) is 17.8 Å². The molecule has 0 atom stereocenters. The Bertz CT molecular complexity index is 1660. The summed E-state index contributed by atoms with van der Waals surface area (Å²) in [5, 5.41) is 9.16. The minimum absolute atomic E-state index is 0.109. The maximum Gasteiger partial charge on any atom is 0.303 e. The summed E-state index contributed by atoms with van der Waals surface area (Å²) in [5.74, 6) is -0.786. The molecule has 2 aromatic carbocycles. The summed E-state index contributed by atoms with van der Waals surface area (Å²) in [6, 6.07) is 11.4. The van der Waals surface area contributed by atoms with E-state index in [2.05, 4.69) is 100 Å². The Kier molecular flexibility index (Phi) is 9.24. The standard InChI is InChI=1S/C35H44N2O5S/c1-8-36-29-18-14-24(3)22-27(29)34(4,5)31(36)20-15-25(12-10-11-13-33(38)39)16-21-32-35(6,7)28-23-26(43(40,41)42)17-19-30(28)37(32)9-2/h14-23H,8-13H2,1-7H3,(H-,38,39,40,41,42)/p+1. The van der Waals surface area contributed by atoms with Gasteiger partial charge in [-0.25, -0.2) is 0 Å². The third-order valence-corrected chi connectivity index (χ3v) is 9.71. The van der Waals surface area contributed by atoms with Crippen LogP contribution in [-0.4, -0.2) is 47.4 Å². The Labute approximate surface area is 256 Å². The van der Waals surface area contributed by atoms with Gasteiger partial charge in [-0.15, -0.1) is 0 Å². The average molecular weight is 606 g/mol. The van der Waals surface area contributed by atoms with Gasteiger partial charge >= 0.3 is 5.97 Å². The molecular weight excluding hydrogens is 560 g/mol. The minimum atomic E-state index is -4.32. The number of hydrogen-bond donors (Lipinski definition) is 2. The van der Waals surface area contributed by atoms with Gasteiger partial charge < -0.3 is 10.0 Å². The number of allylic oxidation sites excluding steroid dienone is 6. The zero-order valence-corrected chi connectivity index (χ0v) is 27.3. The summed E-state index contributed by atoms with van der Waals surface area (Å²) in [5.41, 5.74) is 8.24. The Balaban J connectivity index is 1.74. The van der Waals surface area contributed by atoms with E-state index >= 15 is 0 Å². The van der Waals surface area contributed by atoms with Crippen LogP contribution in [0.2, 0.25) is 0 Å². The normalized spacial score (nSPS) is 18.6. The van der Waals surface area contributed by atoms with Gasteiger partial charge in [0.15, 0.2) is 5.71 Å². The molecule has 7 nitrogen and oxygen atoms in total. The van der Waals surface area contributed by atoms with Crippen molar-refractivity contribution in [2.24, 2.45) is 0 Å². The first kappa shape index (κ1) is 32.4. The van der Waals surface area contributed by atoms with Gasteiger partial charge in [-0.05, 0) is 89.3 Å². The molecule has 43 heavy (non-hydrogen) atoms. The predicted molar refractivity (Wildman–Crippen MR) is 173 cm³/mol. The second-order valence-corrected chi connectivity index (χ2v) is 13.9. The summed E-state index contributed by atoms with van der Waals surface area (Å²) in [4.78, 5) is 13.4. The van der Waals surface area contributed by atoms with Gasteiger partial charge in [0.05, 0.1) is 10.3 Å². The summed E-state index contributed by atoms with van der Waals surface area (Å²) >= 11 is 0. The molecule has 2 N–H and O–H groups in total. The van der Waals surface area contributed by atoms with Crippen molar-refractivity contribution < 1.29 is 27.4 Å². The monoisotopic (exact) mass is 605 g/mol. The van der Waals surface area contributed by atoms with Crippen LogP contribution in [0.1, 0.15) is 83.9 Å². The maximum atomic E-state index is 11.9. The van der Waals surface area contributed by atoms with Gasteiger partial charge in [-0.1, -0.05) is 43.7 Å². The van der Waals surface area contributed by atoms with E-state index in [0.29, 0.717) is 13.0 Å². The fraction of sp³-hybridized carbons (Fsp3) is 0.429. The molecule has 0 fully saturated rings. The number of anilines is 1. The second-order valence-electron chi connectivity index (χ2n) is 12.5. The summed E-state index contributed by atoms with van der Waals surface area (Å²) < 4.78 is 35.6. The number of rotatable bonds is 11. The van der Waals surface area contributed by atoms with Crippen LogP contribution in [0.15, 0.2) is 76.9 Å². The van der Waals surface area contributed by atoms with Crippen molar-refractivity contribution in [3.05, 3.63) is 88.7 Å². The lowest BCUT2D eigenvalue weighted by atomic mass is 9.81. The molecule has 0 saturated carbocycles. The van der Waals surface area contributed by atoms with Gasteiger partial charge in [0, 0.05) is 47.5 Å². The number of carboxylic acids is 1. The van der Waals surface area contributed by atoms with Gasteiger partial charge in [-0.3, -0.25) is 9.35 Å². The lowest BCUT2D eigenvalue weighted by Crippen LogP contribution is -2.27. The summed E-state index contributed by atoms with van der Waals surface area (Å²) in [6.45, 7) is 16.5. The van der Waals surface area contributed by atoms with Crippen molar-refractivity contribution in [1.82, 2.24) is 0 Å². The van der Waals surface area contributed by atoms with Crippen molar-refractivity contribution in [2.75, 3.05) is 18.0 Å². The molecule has 0 radical (unpaired) electrons. The lowest BCUT2D eigenvalue weighted by Gasteiger charge is -2.26. The number of fused-ring (bicyclic) bond motifs is 2. The summed E-state index contributed by atoms with van der Waals surface area (Å²) in [6.07, 6.45) is 10.8. The number of aliphatic carboxylic acids is 1. The van der Waals surface area contributed by atoms with E-state index in [-0.39, 0.29) is 16.7 Å². The summed E-state index contributed by atoms with van der Waals surface area (Å²) in [7, 11) is -4.32. The molecule has 230 valence electrons. The number of likely N-dealkylation sites (N-methyl/N-ethyl adjacent to an activating group) is 1. The van der Waals surface area contributed by atoms with Crippen molar-refractivity contribution in [1.29, 1.82) is 0 Å². The first-order valence-electron chi connectivity index (χ1n) is 15.1. The van der Waals surface area contributed by atoms with Gasteiger partial charge in [0.2, 0.25) is 5.69 Å². The number of unbranched alkanes of at least 4 members (excludes halogenated alkanes) is 1. The van der Waals surface area contributed by atoms with Gasteiger partial charge in [0.1, 0.15) is 6.54 Å². The number of hydrogen-bond acceptors (Lipinski definition) is 4. The first-order chi connectivity index (χ1) is 20.1. The van der Waals surface area contributed by atoms with Crippen molar-refractivity contribution in [2.45, 2.75) is 89.9 Å². The van der Waals surface area contributed by atoms with Gasteiger partial charge in [-0.2, -0.15) is 13.0 Å². The van der Waals surface area contributed by atoms with Crippen LogP contribution in [0.5, 0.6) is 0 Å². The zero-order chi connectivity index (χ0) is 31.7. The average Bonchev–Trinajstić information content (AvgIpc) is 3.28. The van der Waals surface area contributed by atoms with Crippen LogP contribution in [-0.2, 0) is 25.7 Å². The molecule has 0 aromatic heterocycles. The van der Waals surface area contributed by atoms with Gasteiger partial charge in [0.25, 0.3) is 10.1 Å². The number of carboxylic acid groups (broad SMARTS) is 1. The fourth-order valence-electron chi connectivity index (χ4n) is 6.49. The zero-order valence-electron chi connectivity index (χ0n) is 26.4. The fourth-order valence-corrected chi connectivity index (χ4v) is 6.99. The molecule has 4 rings (SSSR count). The highest BCUT2D eigenvalue weighted by molar-refractivity contribution is 7.85. The molecule has 2 aromatic rings. The highest BCUT2D eigenvalue weighted by Gasteiger charge is 2.44. The molecule has 2 aliphatic rings. The molecule has 8 heteroatoms. The smallest absolute Gasteiger partial charge is 0.303 e. The van der Waals surface area contributed by atoms with Crippen molar-refractivity contribution in [3.63, 3.8) is 0 Å². The SMILES string of the molecule is CCN1/C(=C/C=C(/C=C/C2=[N+](CC)c3ccc(S(=O)(=O)O)cc3C2(C)C)CCCCC(=O)O)C(C)(C)c2cc(C)ccc21. The van der Waals surface area contributed by atoms with Crippen LogP contribution < -0.4 is 4.90 Å². The highest BCUT2D eigenvalue weighted by atomic mass is 32.2. The Morgan fingerprint density at radius 1 is 0.977 bits per heavy atom. The molecule has 2 aliphatic heterocycles. The van der Waals surface area contributed by atoms with E-state index in [4.69, 9.17) is 5.11 Å². The predicted octanol–water partition coefficient (Wildman–Crippen LogP) is 7.47. The molecular formula is C35H45N2O5S+. The van der Waals surface area contributed by atoms with Crippen LogP contribution in [0.4, 0.5) is 11.4 Å². The highest BCUT2D eigenvalue weighted by Crippen LogP contribution is 2.48. The Morgan fingerprint density at radius 2 is 1.67 bits per heavy atom. The van der Waals surface area contributed by atoms with Crippen LogP contribution in [0, 0.1) is 6.92 Å². The van der Waals surface area contributed by atoms with Crippen LogP contribution in [0.25, 0.3) is 0 Å². The number of carbonyl (C=O) groups is 1. The topological polar surface area (TPSA) is 97.9 Å². The minimum Gasteiger partial charge on any atom is -0.481 e. The second kappa shape index (κ2) is 12.2. The van der Waals surface area contributed by atoms with E-state index in [0.717, 1.165) is 41.9 Å². The largest absolute Gasteiger partial charge is 0.481 e. The third kappa shape index (κ3) is 6.41. The number of nitrogens with zero attached hydrogens (tertiary/aromatic N) is 2. The first-order valence-corrected chi connectivity index (χ1v) is 16.5. The molecule has 0 amide bonds. The van der Waals surface area contributed by atoms with E-state index < -0.39 is 21.5 Å². The van der Waals surface area contributed by atoms with Crippen molar-refractivity contribution >= 4 is 33.2 Å². The Morgan fingerprint density at radius 3 is 2.30 bits per heavy atom. The Hall–Kier alpha value is -3.49. The van der Waals surface area contributed by atoms with Crippen molar-refractivity contribution in [3.8, 4) is 0 Å².